The van der Waals surface area contributed by atoms with Crippen LogP contribution in [0.25, 0.3) is 0 Å². The molecule has 0 fully saturated rings. The number of benzene rings is 2. The topological polar surface area (TPSA) is 93.5 Å². The maximum Gasteiger partial charge on any atom is 0.324 e. The van der Waals surface area contributed by atoms with Crippen LogP contribution >= 0.6 is 11.6 Å². The van der Waals surface area contributed by atoms with Gasteiger partial charge in [0, 0.05) is 10.7 Å². The molecule has 126 valence electrons. The molecule has 3 amide bonds. The number of hydrogen-bond donors (Lipinski definition) is 3. The van der Waals surface area contributed by atoms with Crippen LogP contribution in [0.4, 0.5) is 10.5 Å². The summed E-state index contributed by atoms with van der Waals surface area (Å²) in [5, 5.41) is 5.30. The number of carbonyl (C=O) groups is 2. The molecule has 6 nitrogen and oxygen atoms in total. The number of imide groups is 1. The Hall–Kier alpha value is -2.73. The number of urea groups is 1. The van der Waals surface area contributed by atoms with Crippen molar-refractivity contribution in [2.45, 2.75) is 13.8 Å². The Balaban J connectivity index is 1.86. The highest BCUT2D eigenvalue weighted by molar-refractivity contribution is 6.32. The van der Waals surface area contributed by atoms with Gasteiger partial charge in [0.2, 0.25) is 0 Å². The first-order valence-corrected chi connectivity index (χ1v) is 7.59. The average molecular weight is 348 g/mol. The van der Waals surface area contributed by atoms with Crippen LogP contribution in [0.2, 0.25) is 5.02 Å². The predicted molar refractivity (Wildman–Crippen MR) is 93.3 cm³/mol. The van der Waals surface area contributed by atoms with E-state index in [0.29, 0.717) is 16.5 Å². The van der Waals surface area contributed by atoms with Crippen molar-refractivity contribution in [3.8, 4) is 5.75 Å². The van der Waals surface area contributed by atoms with Crippen LogP contribution in [0.5, 0.6) is 5.75 Å². The Morgan fingerprint density at radius 2 is 1.79 bits per heavy atom. The number of halogens is 1. The Bertz CT molecular complexity index is 754. The first-order valence-electron chi connectivity index (χ1n) is 7.21. The van der Waals surface area contributed by atoms with Crippen molar-refractivity contribution in [2.24, 2.45) is 0 Å². The summed E-state index contributed by atoms with van der Waals surface area (Å²) in [7, 11) is 0. The van der Waals surface area contributed by atoms with Gasteiger partial charge in [0.25, 0.3) is 5.91 Å². The van der Waals surface area contributed by atoms with Crippen LogP contribution in [-0.4, -0.2) is 18.7 Å². The van der Waals surface area contributed by atoms with Gasteiger partial charge in [-0.1, -0.05) is 23.7 Å². The van der Waals surface area contributed by atoms with Crippen molar-refractivity contribution in [2.75, 3.05) is 12.5 Å². The smallest absolute Gasteiger partial charge is 0.324 e. The standard InChI is InChI=1S/C17H18ClN3O3/c1-10-7-12(8-11(2)15(10)18)24-9-20-17(23)21-16(22)13-5-3-4-6-14(13)19/h3-8H,9,19H2,1-2H3,(H2,20,21,22,23). The second-order valence-electron chi connectivity index (χ2n) is 5.21. The van der Waals surface area contributed by atoms with Gasteiger partial charge in [-0.2, -0.15) is 0 Å². The molecule has 0 atom stereocenters. The second-order valence-corrected chi connectivity index (χ2v) is 5.58. The van der Waals surface area contributed by atoms with Gasteiger partial charge in [0.15, 0.2) is 6.73 Å². The summed E-state index contributed by atoms with van der Waals surface area (Å²) in [4.78, 5) is 23.7. The third-order valence-electron chi connectivity index (χ3n) is 3.31. The van der Waals surface area contributed by atoms with Crippen LogP contribution in [0, 0.1) is 13.8 Å². The van der Waals surface area contributed by atoms with Gasteiger partial charge >= 0.3 is 6.03 Å². The normalized spacial score (nSPS) is 10.1. The zero-order valence-electron chi connectivity index (χ0n) is 13.4. The van der Waals surface area contributed by atoms with Gasteiger partial charge in [-0.3, -0.25) is 10.1 Å². The zero-order valence-corrected chi connectivity index (χ0v) is 14.1. The molecule has 0 saturated heterocycles. The van der Waals surface area contributed by atoms with E-state index in [1.165, 1.54) is 6.07 Å². The molecule has 0 aliphatic carbocycles. The molecule has 24 heavy (non-hydrogen) atoms. The van der Waals surface area contributed by atoms with Crippen molar-refractivity contribution in [1.82, 2.24) is 10.6 Å². The number of para-hydroxylation sites is 1. The van der Waals surface area contributed by atoms with E-state index in [4.69, 9.17) is 22.1 Å². The van der Waals surface area contributed by atoms with Crippen LogP contribution in [0.1, 0.15) is 21.5 Å². The summed E-state index contributed by atoms with van der Waals surface area (Å²) in [5.74, 6) is -0.00267. The number of anilines is 1. The van der Waals surface area contributed by atoms with Crippen LogP contribution in [-0.2, 0) is 0 Å². The minimum absolute atomic E-state index is 0.0934. The molecule has 0 unspecified atom stereocenters. The summed E-state index contributed by atoms with van der Waals surface area (Å²) in [5.41, 5.74) is 7.98. The molecule has 0 spiro atoms. The molecule has 7 heteroatoms. The highest BCUT2D eigenvalue weighted by Gasteiger charge is 2.12. The first kappa shape index (κ1) is 17.6. The summed E-state index contributed by atoms with van der Waals surface area (Å²) in [6, 6.07) is 9.35. The van der Waals surface area contributed by atoms with Gasteiger partial charge in [0.1, 0.15) is 5.75 Å². The number of hydrogen-bond acceptors (Lipinski definition) is 4. The van der Waals surface area contributed by atoms with Crippen molar-refractivity contribution in [1.29, 1.82) is 0 Å². The van der Waals surface area contributed by atoms with Gasteiger partial charge in [-0.05, 0) is 49.2 Å². The molecule has 4 N–H and O–H groups in total. The van der Waals surface area contributed by atoms with Crippen LogP contribution < -0.4 is 21.1 Å². The third kappa shape index (κ3) is 4.39. The molecule has 2 aromatic carbocycles. The van der Waals surface area contributed by atoms with Crippen LogP contribution in [0.15, 0.2) is 36.4 Å². The van der Waals surface area contributed by atoms with E-state index < -0.39 is 11.9 Å². The monoisotopic (exact) mass is 347 g/mol. The van der Waals surface area contributed by atoms with E-state index in [9.17, 15) is 9.59 Å². The van der Waals surface area contributed by atoms with Crippen molar-refractivity contribution in [3.63, 3.8) is 0 Å². The number of ether oxygens (including phenoxy) is 1. The van der Waals surface area contributed by atoms with Crippen LogP contribution in [0.3, 0.4) is 0 Å². The van der Waals surface area contributed by atoms with E-state index in [1.807, 2.05) is 13.8 Å². The summed E-state index contributed by atoms with van der Waals surface area (Å²) < 4.78 is 5.44. The van der Waals surface area contributed by atoms with Crippen molar-refractivity contribution < 1.29 is 14.3 Å². The molecule has 2 aromatic rings. The largest absolute Gasteiger partial charge is 0.473 e. The number of nitrogen functional groups attached to an aromatic ring is 1. The van der Waals surface area contributed by atoms with Gasteiger partial charge < -0.3 is 15.8 Å². The molecule has 0 aromatic heterocycles. The Labute approximate surface area is 144 Å². The lowest BCUT2D eigenvalue weighted by Gasteiger charge is -2.11. The number of nitrogens with two attached hydrogens (primary N) is 1. The van der Waals surface area contributed by atoms with E-state index in [-0.39, 0.29) is 12.3 Å². The Kier molecular flexibility index (Phi) is 5.65. The van der Waals surface area contributed by atoms with Crippen molar-refractivity contribution >= 4 is 29.2 Å². The third-order valence-corrected chi connectivity index (χ3v) is 3.91. The predicted octanol–water partition coefficient (Wildman–Crippen LogP) is 3.01. The number of aryl methyl sites for hydroxylation is 2. The maximum absolute atomic E-state index is 11.9. The minimum Gasteiger partial charge on any atom is -0.473 e. The number of amides is 3. The highest BCUT2D eigenvalue weighted by Crippen LogP contribution is 2.25. The lowest BCUT2D eigenvalue weighted by atomic mass is 10.1. The van der Waals surface area contributed by atoms with Crippen molar-refractivity contribution in [3.05, 3.63) is 58.1 Å². The molecular weight excluding hydrogens is 330 g/mol. The van der Waals surface area contributed by atoms with E-state index >= 15 is 0 Å². The lowest BCUT2D eigenvalue weighted by Crippen LogP contribution is -2.41. The lowest BCUT2D eigenvalue weighted by molar-refractivity contribution is 0.0963. The molecule has 2 rings (SSSR count). The fourth-order valence-corrected chi connectivity index (χ4v) is 2.20. The molecule has 0 aliphatic heterocycles. The average Bonchev–Trinajstić information content (AvgIpc) is 2.52. The van der Waals surface area contributed by atoms with E-state index in [0.717, 1.165) is 11.1 Å². The summed E-state index contributed by atoms with van der Waals surface area (Å²) in [6.07, 6.45) is 0. The summed E-state index contributed by atoms with van der Waals surface area (Å²) >= 11 is 6.08. The van der Waals surface area contributed by atoms with Gasteiger partial charge in [-0.15, -0.1) is 0 Å². The quantitative estimate of drug-likeness (QED) is 0.585. The Morgan fingerprint density at radius 3 is 2.42 bits per heavy atom. The van der Waals surface area contributed by atoms with Gasteiger partial charge in [0.05, 0.1) is 5.56 Å². The SMILES string of the molecule is Cc1cc(OCNC(=O)NC(=O)c2ccccc2N)cc(C)c1Cl. The fraction of sp³-hybridized carbons (Fsp3) is 0.176. The van der Waals surface area contributed by atoms with E-state index in [2.05, 4.69) is 10.6 Å². The van der Waals surface area contributed by atoms with Gasteiger partial charge in [-0.25, -0.2) is 4.79 Å². The highest BCUT2D eigenvalue weighted by atomic mass is 35.5. The first-order chi connectivity index (χ1) is 11.4. The number of nitrogens with one attached hydrogen (secondary N) is 2. The number of carbonyl (C=O) groups excluding carboxylic acids is 2. The fourth-order valence-electron chi connectivity index (χ4n) is 2.09. The maximum atomic E-state index is 11.9. The minimum atomic E-state index is -0.675. The number of rotatable bonds is 4. The van der Waals surface area contributed by atoms with E-state index in [1.54, 1.807) is 30.3 Å². The zero-order chi connectivity index (χ0) is 17.7. The Morgan fingerprint density at radius 1 is 1.17 bits per heavy atom. The molecule has 0 heterocycles. The summed E-state index contributed by atoms with van der Waals surface area (Å²) in [6.45, 7) is 3.64. The second kappa shape index (κ2) is 7.70. The molecule has 0 aliphatic rings. The molecular formula is C17H18ClN3O3. The molecule has 0 bridgehead atoms. The molecule has 0 saturated carbocycles. The molecule has 0 radical (unpaired) electrons.